The Kier molecular flexibility index (Phi) is 4.65. The molecule has 3 aliphatic rings. The second-order valence-electron chi connectivity index (χ2n) is 6.50. The van der Waals surface area contributed by atoms with Crippen LogP contribution in [0.2, 0.25) is 0 Å². The Bertz CT molecular complexity index is 437. The van der Waals surface area contributed by atoms with Crippen molar-refractivity contribution in [3.05, 3.63) is 0 Å². The first-order chi connectivity index (χ1) is 10.6. The smallest absolute Gasteiger partial charge is 0.236 e. The van der Waals surface area contributed by atoms with Gasteiger partial charge in [0.15, 0.2) is 5.79 Å². The molecule has 3 fully saturated rings. The van der Waals surface area contributed by atoms with E-state index in [1.807, 2.05) is 0 Å². The first kappa shape index (κ1) is 15.7. The van der Waals surface area contributed by atoms with Crippen LogP contribution in [0, 0.1) is 5.92 Å². The Morgan fingerprint density at radius 3 is 2.68 bits per heavy atom. The summed E-state index contributed by atoms with van der Waals surface area (Å²) >= 11 is 0. The van der Waals surface area contributed by atoms with E-state index in [0.29, 0.717) is 39.4 Å². The van der Waals surface area contributed by atoms with E-state index < -0.39 is 5.79 Å². The molecule has 2 amide bonds. The molecule has 3 saturated heterocycles. The highest BCUT2D eigenvalue weighted by Crippen LogP contribution is 2.30. The van der Waals surface area contributed by atoms with Crippen LogP contribution in [-0.4, -0.2) is 73.3 Å². The van der Waals surface area contributed by atoms with Gasteiger partial charge < -0.3 is 20.1 Å². The lowest BCUT2D eigenvalue weighted by atomic mass is 9.97. The first-order valence-corrected chi connectivity index (χ1v) is 8.15. The van der Waals surface area contributed by atoms with Crippen molar-refractivity contribution in [3.63, 3.8) is 0 Å². The van der Waals surface area contributed by atoms with Gasteiger partial charge in [0.2, 0.25) is 11.8 Å². The van der Waals surface area contributed by atoms with Crippen molar-refractivity contribution >= 4 is 11.8 Å². The van der Waals surface area contributed by atoms with Gasteiger partial charge >= 0.3 is 0 Å². The summed E-state index contributed by atoms with van der Waals surface area (Å²) < 4.78 is 11.5. The number of nitrogens with two attached hydrogens (primary N) is 1. The molecule has 0 radical (unpaired) electrons. The van der Waals surface area contributed by atoms with Crippen LogP contribution in [0.1, 0.15) is 25.7 Å². The zero-order valence-electron chi connectivity index (χ0n) is 13.0. The van der Waals surface area contributed by atoms with Crippen molar-refractivity contribution in [2.24, 2.45) is 11.7 Å². The van der Waals surface area contributed by atoms with E-state index in [9.17, 15) is 9.59 Å². The average molecular weight is 311 g/mol. The molecule has 1 atom stereocenters. The number of hydrogen-bond donors (Lipinski definition) is 1. The van der Waals surface area contributed by atoms with Gasteiger partial charge in [0.1, 0.15) is 0 Å². The van der Waals surface area contributed by atoms with Crippen LogP contribution < -0.4 is 5.73 Å². The van der Waals surface area contributed by atoms with Crippen LogP contribution in [0.15, 0.2) is 0 Å². The second-order valence-corrected chi connectivity index (χ2v) is 6.50. The van der Waals surface area contributed by atoms with Gasteiger partial charge in [0, 0.05) is 19.5 Å². The maximum Gasteiger partial charge on any atom is 0.236 e. The molecule has 3 rings (SSSR count). The molecule has 1 spiro atoms. The molecule has 7 heteroatoms. The van der Waals surface area contributed by atoms with Crippen LogP contribution in [0.4, 0.5) is 0 Å². The topological polar surface area (TPSA) is 85.1 Å². The summed E-state index contributed by atoms with van der Waals surface area (Å²) in [6.45, 7) is 4.33. The van der Waals surface area contributed by atoms with E-state index in [1.165, 1.54) is 0 Å². The van der Waals surface area contributed by atoms with Crippen LogP contribution in [0.5, 0.6) is 0 Å². The second kappa shape index (κ2) is 6.52. The van der Waals surface area contributed by atoms with Crippen molar-refractivity contribution in [2.45, 2.75) is 31.5 Å². The standard InChI is InChI=1S/C15H25N3O4/c16-14(20)12-3-1-6-18(9-12)13(19)10-17-5-2-4-15(11-17)21-7-8-22-15/h12H,1-11H2,(H2,16,20)/t12-/m1/s1. The van der Waals surface area contributed by atoms with Crippen molar-refractivity contribution in [3.8, 4) is 0 Å². The molecular formula is C15H25N3O4. The van der Waals surface area contributed by atoms with Gasteiger partial charge in [-0.05, 0) is 25.8 Å². The first-order valence-electron chi connectivity index (χ1n) is 8.15. The number of rotatable bonds is 3. The molecule has 2 N–H and O–H groups in total. The van der Waals surface area contributed by atoms with Gasteiger partial charge in [0.05, 0.1) is 32.2 Å². The Morgan fingerprint density at radius 2 is 1.95 bits per heavy atom. The van der Waals surface area contributed by atoms with Gasteiger partial charge in [-0.15, -0.1) is 0 Å². The number of amides is 2. The maximum atomic E-state index is 12.5. The molecule has 0 bridgehead atoms. The molecular weight excluding hydrogens is 286 g/mol. The van der Waals surface area contributed by atoms with E-state index in [-0.39, 0.29) is 17.7 Å². The maximum absolute atomic E-state index is 12.5. The van der Waals surface area contributed by atoms with E-state index in [1.54, 1.807) is 4.90 Å². The summed E-state index contributed by atoms with van der Waals surface area (Å²) in [6.07, 6.45) is 3.49. The number of primary amides is 1. The summed E-state index contributed by atoms with van der Waals surface area (Å²) in [7, 11) is 0. The van der Waals surface area contributed by atoms with Crippen LogP contribution in [-0.2, 0) is 19.1 Å². The minimum absolute atomic E-state index is 0.0704. The van der Waals surface area contributed by atoms with Crippen LogP contribution in [0.3, 0.4) is 0 Å². The molecule has 0 aromatic carbocycles. The fourth-order valence-electron chi connectivity index (χ4n) is 3.67. The van der Waals surface area contributed by atoms with E-state index in [4.69, 9.17) is 15.2 Å². The zero-order valence-corrected chi connectivity index (χ0v) is 13.0. The normalized spacial score (nSPS) is 28.9. The Labute approximate surface area is 130 Å². The molecule has 7 nitrogen and oxygen atoms in total. The highest BCUT2D eigenvalue weighted by molar-refractivity contribution is 5.81. The zero-order chi connectivity index (χ0) is 15.6. The SMILES string of the molecule is NC(=O)[C@@H]1CCCN(C(=O)CN2CCCC3(C2)OCCO3)C1. The summed E-state index contributed by atoms with van der Waals surface area (Å²) in [5.41, 5.74) is 5.37. The average Bonchev–Trinajstić information content (AvgIpc) is 2.95. The van der Waals surface area contributed by atoms with E-state index in [2.05, 4.69) is 4.90 Å². The van der Waals surface area contributed by atoms with Gasteiger partial charge in [0.25, 0.3) is 0 Å². The Balaban J connectivity index is 1.53. The predicted octanol–water partition coefficient (Wildman–Crippen LogP) is -0.451. The number of ether oxygens (including phenoxy) is 2. The molecule has 3 heterocycles. The summed E-state index contributed by atoms with van der Waals surface area (Å²) in [6, 6.07) is 0. The summed E-state index contributed by atoms with van der Waals surface area (Å²) in [5, 5.41) is 0. The van der Waals surface area contributed by atoms with Crippen molar-refractivity contribution < 1.29 is 19.1 Å². The number of carbonyl (C=O) groups is 2. The molecule has 0 aromatic rings. The Morgan fingerprint density at radius 1 is 1.18 bits per heavy atom. The van der Waals surface area contributed by atoms with E-state index in [0.717, 1.165) is 32.2 Å². The van der Waals surface area contributed by atoms with Crippen molar-refractivity contribution in [1.82, 2.24) is 9.80 Å². The largest absolute Gasteiger partial charge is 0.369 e. The lowest BCUT2D eigenvalue weighted by Crippen LogP contribution is -2.53. The highest BCUT2D eigenvalue weighted by Gasteiger charge is 2.41. The number of nitrogens with zero attached hydrogens (tertiary/aromatic N) is 2. The number of hydrogen-bond acceptors (Lipinski definition) is 5. The molecule has 0 unspecified atom stereocenters. The van der Waals surface area contributed by atoms with E-state index >= 15 is 0 Å². The molecule has 124 valence electrons. The fourth-order valence-corrected chi connectivity index (χ4v) is 3.67. The fraction of sp³-hybridized carbons (Fsp3) is 0.867. The van der Waals surface area contributed by atoms with Gasteiger partial charge in [-0.3, -0.25) is 14.5 Å². The van der Waals surface area contributed by atoms with Gasteiger partial charge in [-0.1, -0.05) is 0 Å². The van der Waals surface area contributed by atoms with Crippen LogP contribution >= 0.6 is 0 Å². The van der Waals surface area contributed by atoms with Crippen molar-refractivity contribution in [1.29, 1.82) is 0 Å². The summed E-state index contributed by atoms with van der Waals surface area (Å²) in [4.78, 5) is 27.7. The lowest BCUT2D eigenvalue weighted by molar-refractivity contribution is -0.190. The third kappa shape index (κ3) is 3.42. The van der Waals surface area contributed by atoms with Gasteiger partial charge in [-0.2, -0.15) is 0 Å². The lowest BCUT2D eigenvalue weighted by Gasteiger charge is -2.39. The molecule has 22 heavy (non-hydrogen) atoms. The molecule has 0 aliphatic carbocycles. The number of piperidine rings is 2. The summed E-state index contributed by atoms with van der Waals surface area (Å²) in [5.74, 6) is -0.939. The quantitative estimate of drug-likeness (QED) is 0.763. The van der Waals surface area contributed by atoms with Gasteiger partial charge in [-0.25, -0.2) is 0 Å². The van der Waals surface area contributed by atoms with Crippen molar-refractivity contribution in [2.75, 3.05) is 45.9 Å². The third-order valence-electron chi connectivity index (χ3n) is 4.85. The number of carbonyl (C=O) groups excluding carboxylic acids is 2. The minimum atomic E-state index is -0.504. The molecule has 0 saturated carbocycles. The van der Waals surface area contributed by atoms with Crippen LogP contribution in [0.25, 0.3) is 0 Å². The molecule has 3 aliphatic heterocycles. The number of likely N-dealkylation sites (tertiary alicyclic amines) is 2. The third-order valence-corrected chi connectivity index (χ3v) is 4.85. The monoisotopic (exact) mass is 311 g/mol. The highest BCUT2D eigenvalue weighted by atomic mass is 16.7. The minimum Gasteiger partial charge on any atom is -0.369 e. The predicted molar refractivity (Wildman–Crippen MR) is 78.8 cm³/mol. The molecule has 0 aromatic heterocycles. The Hall–Kier alpha value is -1.18.